The fourth-order valence-corrected chi connectivity index (χ4v) is 111. The van der Waals surface area contributed by atoms with Gasteiger partial charge in [0.1, 0.15) is 0 Å². The van der Waals surface area contributed by atoms with Crippen molar-refractivity contribution in [3.63, 3.8) is 0 Å². The van der Waals surface area contributed by atoms with Crippen molar-refractivity contribution in [1.29, 1.82) is 0 Å². The van der Waals surface area contributed by atoms with E-state index in [1.54, 1.807) is 33.4 Å². The van der Waals surface area contributed by atoms with Crippen molar-refractivity contribution in [3.8, 4) is 0 Å². The summed E-state index contributed by atoms with van der Waals surface area (Å²) in [5.41, 5.74) is 17.7. The summed E-state index contributed by atoms with van der Waals surface area (Å²) < 4.78 is 7.51. The normalized spacial score (nSPS) is 14.2. The number of hydrogen-bond acceptors (Lipinski definition) is 0. The molecule has 16 heteroatoms. The van der Waals surface area contributed by atoms with Crippen LogP contribution in [0.4, 0.5) is 0 Å². The molecule has 0 aromatic heterocycles. The molecule has 0 atom stereocenters. The van der Waals surface area contributed by atoms with Crippen LogP contribution in [-0.4, -0.2) is 187 Å². The number of rotatable bonds is 26. The average Bonchev–Trinajstić information content (AvgIpc) is 0.738. The van der Waals surface area contributed by atoms with E-state index in [9.17, 15) is 0 Å². The Morgan fingerprint density at radius 1 is 0.202 bits per heavy atom. The van der Waals surface area contributed by atoms with Crippen LogP contribution < -0.4 is 14.3 Å². The minimum atomic E-state index is -1.55. The first-order chi connectivity index (χ1) is 40.6. The smallest absolute Gasteiger partial charge is 0 e. The Bertz CT molecular complexity index is 2650. The summed E-state index contributed by atoms with van der Waals surface area (Å²) in [6, 6.07) is 26.4. The first-order valence-electron chi connectivity index (χ1n) is 36.8. The van der Waals surface area contributed by atoms with E-state index in [-0.39, 0.29) is 47.3 Å². The van der Waals surface area contributed by atoms with Crippen molar-refractivity contribution in [3.05, 3.63) is 116 Å². The zero-order valence-corrected chi connectivity index (χ0v) is 92.7. The van der Waals surface area contributed by atoms with Gasteiger partial charge >= 0.3 is 616 Å². The van der Waals surface area contributed by atoms with E-state index >= 15 is 0 Å². The Kier molecular flexibility index (Phi) is 34.3. The van der Waals surface area contributed by atoms with Gasteiger partial charge in [0.2, 0.25) is 0 Å². The molecule has 4 rings (SSSR count). The van der Waals surface area contributed by atoms with Crippen LogP contribution in [-0.2, 0) is 0 Å². The summed E-state index contributed by atoms with van der Waals surface area (Å²) in [6.07, 6.45) is 0. The summed E-state index contributed by atoms with van der Waals surface area (Å²) in [6.45, 7) is 117. The fourth-order valence-electron chi connectivity index (χ4n) is 20.1. The maximum Gasteiger partial charge on any atom is 0 e. The van der Waals surface area contributed by atoms with E-state index in [0.717, 1.165) is 31.0 Å². The molecule has 0 spiro atoms. The van der Waals surface area contributed by atoms with Gasteiger partial charge in [0.05, 0.1) is 0 Å². The number of hydrogen-bond donors (Lipinski definition) is 0. The second kappa shape index (κ2) is 34.1. The third-order valence-corrected chi connectivity index (χ3v) is 85.2. The van der Waals surface area contributed by atoms with E-state index in [1.807, 2.05) is 36.6 Å². The predicted molar refractivity (Wildman–Crippen MR) is 480 cm³/mol. The third kappa shape index (κ3) is 24.9. The van der Waals surface area contributed by atoms with Crippen molar-refractivity contribution in [1.82, 2.24) is 0 Å². The summed E-state index contributed by atoms with van der Waals surface area (Å²) >= 11 is -2.33. The summed E-state index contributed by atoms with van der Waals surface area (Å²) in [4.78, 5) is 0. The zero-order valence-electron chi connectivity index (χ0n) is 70.4. The van der Waals surface area contributed by atoms with Crippen LogP contribution in [0.2, 0.25) is 236 Å². The maximum absolute atomic E-state index is 2.93. The summed E-state index contributed by atoms with van der Waals surface area (Å²) in [5.74, 6) is 2.27. The molecule has 532 valence electrons. The molecule has 0 heterocycles. The molecule has 0 aliphatic carbocycles. The Morgan fingerprint density at radius 3 is 0.447 bits per heavy atom. The van der Waals surface area contributed by atoms with Gasteiger partial charge in [-0.2, -0.15) is 0 Å². The van der Waals surface area contributed by atoms with E-state index in [1.165, 1.54) is 0 Å². The monoisotopic (exact) mass is 1920 g/mol. The zero-order chi connectivity index (χ0) is 72.3. The molecule has 4 aromatic carbocycles. The van der Waals surface area contributed by atoms with Crippen LogP contribution in [0, 0.1) is 0 Å². The SMILES string of the molecule is CC(C)c1cccc(C(C)C)[c]1[Sn][c]1c(C([Si](C)(C)C)[Si](C)(C)C)cc(C([Si](C)(C)C)[Si](C)(C)C)cc1C([Si](C)(C)C)[Si](C)(C)C.CC(C)c1cccc(C(C)C)[c]1[Sn][c]1c(C([Si](C)(C)C)[Si](C)(C)C)cc(C([Si](C)(C)C)[Si](C)(C)C)cc1C([Si](C)(C)C)[Si](C)(C)C.[Te].[Te]. The minimum absolute atomic E-state index is 0. The van der Waals surface area contributed by atoms with Gasteiger partial charge in [0.25, 0.3) is 0 Å². The number of benzene rings is 4. The van der Waals surface area contributed by atoms with Crippen LogP contribution in [0.15, 0.2) is 60.7 Å². The molecule has 0 saturated heterocycles. The first kappa shape index (κ1) is 94.7. The molecular formula is C78H152Si12Sn2Te2. The van der Waals surface area contributed by atoms with E-state index in [0.29, 0.717) is 23.7 Å². The molecule has 0 aliphatic rings. The largest absolute Gasteiger partial charge is 0 e. The Labute approximate surface area is 654 Å². The van der Waals surface area contributed by atoms with Crippen LogP contribution in [0.5, 0.6) is 0 Å². The molecule has 0 bridgehead atoms. The summed E-state index contributed by atoms with van der Waals surface area (Å²) in [5, 5.41) is 4.65. The van der Waals surface area contributed by atoms with Gasteiger partial charge in [-0.15, -0.1) is 0 Å². The van der Waals surface area contributed by atoms with Gasteiger partial charge in [-0.25, -0.2) is 0 Å². The second-order valence-corrected chi connectivity index (χ2v) is 118. The van der Waals surface area contributed by atoms with Crippen molar-refractivity contribution in [2.24, 2.45) is 0 Å². The maximum atomic E-state index is 2.93. The van der Waals surface area contributed by atoms with Gasteiger partial charge in [-0.3, -0.25) is 0 Å². The Balaban J connectivity index is 0.000000920. The summed E-state index contributed by atoms with van der Waals surface area (Å²) in [7, 11) is -18.3. The van der Waals surface area contributed by atoms with Crippen molar-refractivity contribution < 1.29 is 0 Å². The van der Waals surface area contributed by atoms with Crippen LogP contribution >= 0.6 is 0 Å². The quantitative estimate of drug-likeness (QED) is 0.0550. The van der Waals surface area contributed by atoms with Crippen LogP contribution in [0.1, 0.15) is 166 Å². The van der Waals surface area contributed by atoms with Crippen LogP contribution in [0.3, 0.4) is 0 Å². The second-order valence-electron chi connectivity index (χ2n) is 43.6. The van der Waals surface area contributed by atoms with Gasteiger partial charge in [-0.05, 0) is 0 Å². The molecule has 94 heavy (non-hydrogen) atoms. The van der Waals surface area contributed by atoms with Gasteiger partial charge in [-0.1, -0.05) is 0 Å². The minimum Gasteiger partial charge on any atom is 0 e. The van der Waals surface area contributed by atoms with Gasteiger partial charge in [0.15, 0.2) is 0 Å². The molecule has 0 aliphatic heterocycles. The van der Waals surface area contributed by atoms with E-state index in [4.69, 9.17) is 0 Å². The molecule has 0 nitrogen and oxygen atoms in total. The van der Waals surface area contributed by atoms with Crippen molar-refractivity contribution in [2.45, 2.75) is 346 Å². The Hall–Kier alpha value is 2.66. The Morgan fingerprint density at radius 2 is 0.330 bits per heavy atom. The van der Waals surface area contributed by atoms with Gasteiger partial charge in [0, 0.05) is 47.3 Å². The molecule has 0 fully saturated rings. The van der Waals surface area contributed by atoms with E-state index < -0.39 is 139 Å². The fraction of sp³-hybridized carbons (Fsp3) is 0.692. The molecule has 0 amide bonds. The molecule has 0 N–H and O–H groups in total. The standard InChI is InChI=1S/2C27H59Si6.2C12H17.2Sn.2Te/c2*1-28(2,3)25(29(4,5)6)22-19-23(26(30(7,8)9)31(10,11)12)21-24(20-22)27(32(13,14)15)33(16,17)18;2*1-9(2)11-6-5-7-12(8-11)10(3)4;;;;/h2*19-20,25-27H,1-18H3;2*5-7,9-10H,1-4H3;;;;. The van der Waals surface area contributed by atoms with Crippen LogP contribution in [0.25, 0.3) is 0 Å². The molecule has 4 aromatic rings. The molecule has 0 saturated carbocycles. The third-order valence-electron chi connectivity index (χ3n) is 20.0. The molecular weight excluding hydrogens is 1770 g/mol. The van der Waals surface area contributed by atoms with Crippen molar-refractivity contribution >= 4 is 201 Å². The predicted octanol–water partition coefficient (Wildman–Crippen LogP) is 23.4. The van der Waals surface area contributed by atoms with Crippen molar-refractivity contribution in [2.75, 3.05) is 0 Å². The molecule has 8 radical (unpaired) electrons. The van der Waals surface area contributed by atoms with Gasteiger partial charge < -0.3 is 0 Å². The van der Waals surface area contributed by atoms with E-state index in [2.05, 4.69) is 352 Å². The average molecular weight is 1920 g/mol. The first-order valence-corrected chi connectivity index (χ1v) is 85.4. The topological polar surface area (TPSA) is 0 Å². The molecule has 0 unspecified atom stereocenters.